The number of carbonyl (C=O) groups excluding carboxylic acids is 9. The van der Waals surface area contributed by atoms with Gasteiger partial charge >= 0.3 is 23.9 Å². The van der Waals surface area contributed by atoms with Crippen molar-refractivity contribution in [1.82, 2.24) is 24.5 Å². The number of hydrogen-bond donors (Lipinski definition) is 5. The van der Waals surface area contributed by atoms with E-state index in [0.29, 0.717) is 58.8 Å². The molecule has 0 radical (unpaired) electrons. The van der Waals surface area contributed by atoms with Gasteiger partial charge in [0, 0.05) is 46.5 Å². The fourth-order valence-electron chi connectivity index (χ4n) is 16.7. The number of unbranched alkanes of at least 4 members (excludes halogenated alkanes) is 18. The number of ether oxygens (including phenoxy) is 6. The number of hydrogen-bond acceptors (Lipinski definition) is 22. The summed E-state index contributed by atoms with van der Waals surface area (Å²) in [4.78, 5) is 146. The normalized spacial score (nSPS) is 20.2. The highest BCUT2D eigenvalue weighted by atomic mass is 16.6. The van der Waals surface area contributed by atoms with Gasteiger partial charge in [0.05, 0.1) is 111 Å². The van der Waals surface area contributed by atoms with Gasteiger partial charge in [0.2, 0.25) is 35.4 Å². The van der Waals surface area contributed by atoms with Crippen LogP contribution in [0.3, 0.4) is 0 Å². The van der Waals surface area contributed by atoms with E-state index in [9.17, 15) is 38.7 Å². The fourth-order valence-corrected chi connectivity index (χ4v) is 16.7. The molecule has 0 bridgehead atoms. The topological polar surface area (TPSA) is 361 Å². The molecule has 122 heavy (non-hydrogen) atoms. The number of aliphatic carboxylic acids is 1. The molecule has 0 aromatic heterocycles. The highest BCUT2D eigenvalue weighted by Crippen LogP contribution is 2.56. The smallest absolute Gasteiger partial charge is 0.317 e. The van der Waals surface area contributed by atoms with E-state index in [1.807, 2.05) is 74.4 Å². The third-order valence-corrected chi connectivity index (χ3v) is 22.9. The van der Waals surface area contributed by atoms with Crippen LogP contribution in [0.15, 0.2) is 0 Å². The molecule has 12 atom stereocenters. The van der Waals surface area contributed by atoms with Crippen molar-refractivity contribution in [1.29, 1.82) is 0 Å². The van der Waals surface area contributed by atoms with Gasteiger partial charge in [-0.1, -0.05) is 249 Å². The number of nitrogens with two attached hydrogens (primary N) is 3. The van der Waals surface area contributed by atoms with Crippen molar-refractivity contribution in [3.63, 3.8) is 0 Å². The first-order chi connectivity index (χ1) is 55.6. The second kappa shape index (κ2) is 66.5. The molecular formula is C96H190N8O18. The van der Waals surface area contributed by atoms with Crippen molar-refractivity contribution >= 4 is 59.3 Å². The minimum atomic E-state index is -1.23. The van der Waals surface area contributed by atoms with Crippen molar-refractivity contribution in [2.24, 2.45) is 103 Å². The average molecular weight is 1740 g/mol. The number of carbonyl (C=O) groups is 10. The fraction of sp³-hybridized carbons (Fsp3) is 0.896. The number of amides is 6. The van der Waals surface area contributed by atoms with Crippen LogP contribution in [0, 0.1) is 86.3 Å². The highest BCUT2D eigenvalue weighted by molar-refractivity contribution is 6.08. The summed E-state index contributed by atoms with van der Waals surface area (Å²) in [6, 6.07) is -0.437. The Bertz CT molecular complexity index is 2850. The highest BCUT2D eigenvalue weighted by Gasteiger charge is 2.63. The first-order valence-electron chi connectivity index (χ1n) is 45.5. The number of cyclic esters (lactones) is 2. The molecule has 6 amide bonds. The number of likely N-dealkylation sites (tertiary alicyclic amines) is 3. The van der Waals surface area contributed by atoms with Crippen LogP contribution in [-0.4, -0.2) is 241 Å². The summed E-state index contributed by atoms with van der Waals surface area (Å²) in [5.41, 5.74) is 12.6. The summed E-state index contributed by atoms with van der Waals surface area (Å²) in [5.74, 6) is -13.0. The van der Waals surface area contributed by atoms with Crippen LogP contribution in [0.2, 0.25) is 0 Å². The number of rotatable bonds is 53. The lowest BCUT2D eigenvalue weighted by Crippen LogP contribution is -2.44. The van der Waals surface area contributed by atoms with Crippen LogP contribution in [0.1, 0.15) is 328 Å². The van der Waals surface area contributed by atoms with Crippen molar-refractivity contribution in [2.75, 3.05) is 135 Å². The minimum absolute atomic E-state index is 0. The van der Waals surface area contributed by atoms with Crippen molar-refractivity contribution < 1.29 is 86.6 Å². The summed E-state index contributed by atoms with van der Waals surface area (Å²) in [5, 5.41) is 18.1. The van der Waals surface area contributed by atoms with Crippen molar-refractivity contribution in [3.8, 4) is 0 Å². The Labute approximate surface area is 744 Å². The molecule has 4 aliphatic heterocycles. The standard InChI is InChI=1S/C58H100N4O12.C12H27N.C10H16O3.C6H15NO2.C5H14N2.C2H6O.3CH4/c1-17-19-20-21-22-23-24-25-26-27-28-60-47(63)42(44(50(60)66)56(8,9)34-40(53(69)70)39(4)54(71)74-18-2)35-57(10,11)45-43(48(64)61(51(45)67)30-29-59(14)15)36-58(12,13)46-41(33-55(5,6)7)49(65)62(52(46)68)38(3)37-73-32-31-72-16;1-2-3-4-5-6-7-8-9-10-11-12-13;1-6-7(5-10(2,3)4)9(12)13-8(6)11;1-6(7)5-9-4-3-8-2;1-7(2)5-3-4-6;1-2-3;;;/h38-46H,17-37H2,1-16H3,(H,69,70);2-13H2,1H3;6-7H,5H2,1-4H3;6H,3-5,7H2,1-2H3;3-6H2,1-2H3;3H,2H2,1H3;3*1H4. The van der Waals surface area contributed by atoms with Gasteiger partial charge in [0.15, 0.2) is 0 Å². The maximum Gasteiger partial charge on any atom is 0.317 e. The van der Waals surface area contributed by atoms with E-state index in [0.717, 1.165) is 51.7 Å². The molecule has 4 fully saturated rings. The first kappa shape index (κ1) is 126. The zero-order valence-electron chi connectivity index (χ0n) is 80.1. The Morgan fingerprint density at radius 3 is 1.20 bits per heavy atom. The second-order valence-corrected chi connectivity index (χ2v) is 38.9. The first-order valence-corrected chi connectivity index (χ1v) is 45.5. The second-order valence-electron chi connectivity index (χ2n) is 38.9. The molecule has 0 saturated carbocycles. The molecular weight excluding hydrogens is 1550 g/mol. The molecule has 0 spiro atoms. The number of carboxylic acid groups (broad SMARTS) is 1. The van der Waals surface area contributed by atoms with Gasteiger partial charge in [-0.2, -0.15) is 0 Å². The lowest BCUT2D eigenvalue weighted by Gasteiger charge is -2.42. The minimum Gasteiger partial charge on any atom is -0.481 e. The van der Waals surface area contributed by atoms with E-state index in [1.165, 1.54) is 118 Å². The van der Waals surface area contributed by atoms with E-state index < -0.39 is 93.4 Å². The van der Waals surface area contributed by atoms with Crippen LogP contribution in [0.5, 0.6) is 0 Å². The Kier molecular flexibility index (Phi) is 68.5. The van der Waals surface area contributed by atoms with Gasteiger partial charge in [0.25, 0.3) is 0 Å². The Morgan fingerprint density at radius 2 is 0.844 bits per heavy atom. The lowest BCUT2D eigenvalue weighted by atomic mass is 9.59. The Balaban J connectivity index is -0.000000761. The third kappa shape index (κ3) is 48.3. The van der Waals surface area contributed by atoms with Crippen LogP contribution in [0.25, 0.3) is 0 Å². The quantitative estimate of drug-likeness (QED) is 0.0163. The molecule has 4 saturated heterocycles. The van der Waals surface area contributed by atoms with Crippen molar-refractivity contribution in [3.05, 3.63) is 0 Å². The number of methoxy groups -OCH3 is 2. The third-order valence-electron chi connectivity index (χ3n) is 22.9. The van der Waals surface area contributed by atoms with E-state index in [4.69, 9.17) is 46.0 Å². The molecule has 12 unspecified atom stereocenters. The largest absolute Gasteiger partial charge is 0.481 e. The number of aliphatic hydroxyl groups excluding tert-OH is 1. The predicted octanol–water partition coefficient (Wildman–Crippen LogP) is 16.3. The number of esters is 3. The van der Waals surface area contributed by atoms with E-state index in [-0.39, 0.29) is 139 Å². The van der Waals surface area contributed by atoms with Gasteiger partial charge in [-0.15, -0.1) is 0 Å². The summed E-state index contributed by atoms with van der Waals surface area (Å²) in [6.45, 7) is 44.6. The number of aliphatic hydroxyl groups is 1. The molecule has 4 rings (SSSR count). The summed E-state index contributed by atoms with van der Waals surface area (Å²) >= 11 is 0. The van der Waals surface area contributed by atoms with Gasteiger partial charge in [-0.3, -0.25) is 62.6 Å². The molecule has 8 N–H and O–H groups in total. The maximum atomic E-state index is 15.1. The summed E-state index contributed by atoms with van der Waals surface area (Å²) in [7, 11) is 11.0. The van der Waals surface area contributed by atoms with E-state index >= 15 is 14.4 Å². The SMILES string of the molecule is C.C.C.CC1C(=O)OC(=O)C1CC(C)(C)C.CCCCCCCCCCCCN.CCCCCCCCCCCCN1C(=O)C(CC(C)(C)C2C(=O)N(CCN(C)C)C(=O)C2CC(C)(C)C2C(=O)N(C(C)COCCOC)C(=O)C2CC(C)(C)C)C(C(C)(C)CC(C(=O)O)C(C)C(=O)OCC)C1=O.CCO.CN(C)CCCN.COCCOCC(C)N. The van der Waals surface area contributed by atoms with Crippen LogP contribution in [-0.2, 0) is 76.4 Å². The van der Waals surface area contributed by atoms with Gasteiger partial charge in [0.1, 0.15) is 0 Å². The Morgan fingerprint density at radius 1 is 0.475 bits per heavy atom. The Hall–Kier alpha value is -4.90. The van der Waals surface area contributed by atoms with Gasteiger partial charge in [-0.05, 0) is 154 Å². The van der Waals surface area contributed by atoms with Gasteiger partial charge < -0.3 is 65.6 Å². The molecule has 0 aromatic carbocycles. The lowest BCUT2D eigenvalue weighted by molar-refractivity contribution is -0.158. The molecule has 0 aliphatic carbocycles. The van der Waals surface area contributed by atoms with E-state index in [1.54, 1.807) is 55.8 Å². The number of nitrogens with zero attached hydrogens (tertiary/aromatic N) is 5. The monoisotopic (exact) mass is 1740 g/mol. The van der Waals surface area contributed by atoms with Crippen LogP contribution < -0.4 is 17.2 Å². The number of imide groups is 3. The zero-order chi connectivity index (χ0) is 91.6. The van der Waals surface area contributed by atoms with Crippen LogP contribution in [0.4, 0.5) is 0 Å². The molecule has 26 nitrogen and oxygen atoms in total. The van der Waals surface area contributed by atoms with Crippen molar-refractivity contribution in [2.45, 2.75) is 340 Å². The number of carboxylic acids is 1. The molecule has 0 aromatic rings. The average Bonchev–Trinajstić information content (AvgIpc) is 1.58. The number of likely N-dealkylation sites (N-methyl/N-ethyl adjacent to an activating group) is 1. The molecule has 26 heteroatoms. The maximum absolute atomic E-state index is 15.1. The molecule has 4 heterocycles. The van der Waals surface area contributed by atoms with Crippen LogP contribution >= 0.6 is 0 Å². The predicted molar refractivity (Wildman–Crippen MR) is 495 cm³/mol. The zero-order valence-corrected chi connectivity index (χ0v) is 80.1. The summed E-state index contributed by atoms with van der Waals surface area (Å²) in [6.07, 6.45) is 26.9. The van der Waals surface area contributed by atoms with E-state index in [2.05, 4.69) is 58.4 Å². The molecule has 4 aliphatic rings. The van der Waals surface area contributed by atoms with Gasteiger partial charge in [-0.25, -0.2) is 0 Å². The summed E-state index contributed by atoms with van der Waals surface area (Å²) < 4.78 is 30.6. The molecule has 722 valence electrons.